The van der Waals surface area contributed by atoms with E-state index in [4.69, 9.17) is 29.9 Å². The fraction of sp³-hybridized carbons (Fsp3) is 0.246. The number of benzene rings is 7. The summed E-state index contributed by atoms with van der Waals surface area (Å²) in [5.74, 6) is 3.40. The van der Waals surface area contributed by atoms with Crippen LogP contribution in [0.3, 0.4) is 0 Å². The Bertz CT molecular complexity index is 3620. The van der Waals surface area contributed by atoms with Gasteiger partial charge in [0.2, 0.25) is 0 Å². The van der Waals surface area contributed by atoms with Crippen LogP contribution in [0.4, 0.5) is 0 Å². The van der Waals surface area contributed by atoms with Gasteiger partial charge in [0.15, 0.2) is 34.9 Å². The third-order valence-electron chi connectivity index (χ3n) is 13.8. The van der Waals surface area contributed by atoms with E-state index in [1.807, 2.05) is 30.3 Å². The van der Waals surface area contributed by atoms with Gasteiger partial charge in [-0.25, -0.2) is 29.9 Å². The van der Waals surface area contributed by atoms with Crippen LogP contribution in [-0.2, 0) is 21.7 Å². The maximum absolute atomic E-state index is 10.5. The largest absolute Gasteiger partial charge is 0.308 e. The number of hydrogen-bond acceptors (Lipinski definition) is 7. The van der Waals surface area contributed by atoms with E-state index < -0.39 is 0 Å². The second kappa shape index (κ2) is 18.2. The molecule has 0 aliphatic heterocycles. The second-order valence-corrected chi connectivity index (χ2v) is 23.3. The molecule has 8 heteroatoms. The number of nitriles is 1. The quantitative estimate of drug-likeness (QED) is 0.157. The molecule has 0 radical (unpaired) electrons. The van der Waals surface area contributed by atoms with Crippen molar-refractivity contribution in [1.82, 2.24) is 34.5 Å². The number of fused-ring (bicyclic) bond motifs is 3. The van der Waals surface area contributed by atoms with Crippen LogP contribution >= 0.6 is 0 Å². The molecule has 7 aromatic carbocycles. The fourth-order valence-electron chi connectivity index (χ4n) is 9.75. The standard InChI is InChI=1S/C65H62N8/c1-62(2,3)44-31-26-41(27-32-44)56-67-57(42-28-33-45(34-29-42)63(4,5)6)69-58(68-56)43-30-36-54-49(38-43)46-19-15-18-24-53(46)73(54)55-35-25-40(39-66)37-50(55)61-71-59(47-20-13-16-22-51(47)64(7,8)9)70-60(72-61)48-21-14-17-23-52(48)65(10,11)12/h13-38H,1-12H3. The van der Waals surface area contributed by atoms with Gasteiger partial charge >= 0.3 is 0 Å². The zero-order valence-electron chi connectivity index (χ0n) is 44.1. The average Bonchev–Trinajstić information content (AvgIpc) is 3.70. The van der Waals surface area contributed by atoms with Crippen molar-refractivity contribution in [2.75, 3.05) is 0 Å². The Hall–Kier alpha value is -8.15. The van der Waals surface area contributed by atoms with Gasteiger partial charge in [-0.1, -0.05) is 198 Å². The van der Waals surface area contributed by atoms with E-state index in [0.29, 0.717) is 46.1 Å². The molecule has 0 saturated carbocycles. The predicted octanol–water partition coefficient (Wildman–Crippen LogP) is 16.2. The van der Waals surface area contributed by atoms with Crippen molar-refractivity contribution in [3.8, 4) is 80.1 Å². The van der Waals surface area contributed by atoms with Crippen LogP contribution < -0.4 is 0 Å². The highest BCUT2D eigenvalue weighted by molar-refractivity contribution is 6.11. The van der Waals surface area contributed by atoms with Crippen LogP contribution in [-0.4, -0.2) is 34.5 Å². The van der Waals surface area contributed by atoms with Crippen LogP contribution in [0.1, 0.15) is 111 Å². The molecule has 0 fully saturated rings. The Kier molecular flexibility index (Phi) is 12.1. The normalized spacial score (nSPS) is 12.4. The van der Waals surface area contributed by atoms with E-state index in [0.717, 1.165) is 66.4 Å². The molecule has 0 atom stereocenters. The Labute approximate surface area is 430 Å². The summed E-state index contributed by atoms with van der Waals surface area (Å²) in [4.78, 5) is 31.5. The first kappa shape index (κ1) is 48.5. The summed E-state index contributed by atoms with van der Waals surface area (Å²) in [6.45, 7) is 26.6. The molecule has 10 rings (SSSR count). The first-order valence-corrected chi connectivity index (χ1v) is 25.2. The van der Waals surface area contributed by atoms with Crippen molar-refractivity contribution < 1.29 is 0 Å². The lowest BCUT2D eigenvalue weighted by Crippen LogP contribution is -2.15. The number of rotatable bonds is 7. The van der Waals surface area contributed by atoms with E-state index in [9.17, 15) is 5.26 Å². The van der Waals surface area contributed by atoms with Crippen molar-refractivity contribution in [3.05, 3.63) is 186 Å². The first-order valence-electron chi connectivity index (χ1n) is 25.2. The van der Waals surface area contributed by atoms with E-state index in [-0.39, 0.29) is 21.7 Å². The van der Waals surface area contributed by atoms with Gasteiger partial charge in [0.05, 0.1) is 28.4 Å². The first-order chi connectivity index (χ1) is 34.7. The Balaban J connectivity index is 1.19. The van der Waals surface area contributed by atoms with Gasteiger partial charge in [-0.05, 0) is 86.4 Å². The van der Waals surface area contributed by atoms with Crippen LogP contribution in [0.25, 0.3) is 95.8 Å². The Morgan fingerprint density at radius 3 is 1.25 bits per heavy atom. The highest BCUT2D eigenvalue weighted by Gasteiger charge is 2.27. The molecule has 0 bridgehead atoms. The lowest BCUT2D eigenvalue weighted by atomic mass is 9.83. The molecule has 0 aliphatic carbocycles. The SMILES string of the molecule is CC(C)(C)c1ccc(-c2nc(-c3ccc(C(C)(C)C)cc3)nc(-c3ccc4c(c3)c3ccccc3n4-c3ccc(C#N)cc3-c3nc(-c4ccccc4C(C)(C)C)nc(-c4ccccc4C(C)(C)C)n3)n2)cc1. The minimum absolute atomic E-state index is 0.00368. The molecule has 0 unspecified atom stereocenters. The van der Waals surface area contributed by atoms with Gasteiger partial charge in [-0.15, -0.1) is 0 Å². The van der Waals surface area contributed by atoms with E-state index in [1.54, 1.807) is 0 Å². The molecule has 73 heavy (non-hydrogen) atoms. The zero-order chi connectivity index (χ0) is 51.6. The van der Waals surface area contributed by atoms with Gasteiger partial charge < -0.3 is 4.57 Å². The number of para-hydroxylation sites is 1. The fourth-order valence-corrected chi connectivity index (χ4v) is 9.75. The smallest absolute Gasteiger partial charge is 0.166 e. The summed E-state index contributed by atoms with van der Waals surface area (Å²) in [6, 6.07) is 56.9. The van der Waals surface area contributed by atoms with Crippen molar-refractivity contribution in [3.63, 3.8) is 0 Å². The monoisotopic (exact) mass is 955 g/mol. The third-order valence-corrected chi connectivity index (χ3v) is 13.8. The highest BCUT2D eigenvalue weighted by Crippen LogP contribution is 2.41. The minimum atomic E-state index is -0.194. The lowest BCUT2D eigenvalue weighted by molar-refractivity contribution is 0.590. The highest BCUT2D eigenvalue weighted by atomic mass is 15.1. The molecule has 10 aromatic rings. The molecule has 362 valence electrons. The molecule has 3 heterocycles. The summed E-state index contributed by atoms with van der Waals surface area (Å²) < 4.78 is 2.26. The van der Waals surface area contributed by atoms with Gasteiger partial charge in [0.1, 0.15) is 0 Å². The maximum atomic E-state index is 10.5. The summed E-state index contributed by atoms with van der Waals surface area (Å²) in [5.41, 5.74) is 12.9. The molecule has 0 spiro atoms. The van der Waals surface area contributed by atoms with Crippen molar-refractivity contribution in [2.45, 2.75) is 105 Å². The van der Waals surface area contributed by atoms with Crippen LogP contribution in [0.2, 0.25) is 0 Å². The number of hydrogen-bond donors (Lipinski definition) is 0. The summed E-state index contributed by atoms with van der Waals surface area (Å²) in [6.07, 6.45) is 0. The molecule has 8 nitrogen and oxygen atoms in total. The second-order valence-electron chi connectivity index (χ2n) is 23.3. The molecule has 0 saturated heterocycles. The Morgan fingerprint density at radius 1 is 0.356 bits per heavy atom. The molecule has 0 amide bonds. The predicted molar refractivity (Wildman–Crippen MR) is 300 cm³/mol. The summed E-state index contributed by atoms with van der Waals surface area (Å²) >= 11 is 0. The molecule has 0 aliphatic rings. The van der Waals surface area contributed by atoms with E-state index in [1.165, 1.54) is 11.1 Å². The molecular weight excluding hydrogens is 893 g/mol. The summed E-state index contributed by atoms with van der Waals surface area (Å²) in [5, 5.41) is 12.5. The van der Waals surface area contributed by atoms with Gasteiger partial charge in [-0.3, -0.25) is 0 Å². The Morgan fingerprint density at radius 2 is 0.767 bits per heavy atom. The van der Waals surface area contributed by atoms with Gasteiger partial charge in [0, 0.05) is 44.2 Å². The minimum Gasteiger partial charge on any atom is -0.308 e. The molecule has 0 N–H and O–H groups in total. The molecule has 3 aromatic heterocycles. The van der Waals surface area contributed by atoms with Crippen LogP contribution in [0, 0.1) is 11.3 Å². The van der Waals surface area contributed by atoms with Gasteiger partial charge in [0.25, 0.3) is 0 Å². The lowest BCUT2D eigenvalue weighted by Gasteiger charge is -2.24. The molecular formula is C65H62N8. The number of aromatic nitrogens is 7. The van der Waals surface area contributed by atoms with Crippen molar-refractivity contribution in [2.24, 2.45) is 0 Å². The third kappa shape index (κ3) is 9.44. The van der Waals surface area contributed by atoms with Crippen molar-refractivity contribution in [1.29, 1.82) is 5.26 Å². The topological polar surface area (TPSA) is 106 Å². The van der Waals surface area contributed by atoms with E-state index in [2.05, 4.69) is 221 Å². The zero-order valence-corrected chi connectivity index (χ0v) is 44.1. The van der Waals surface area contributed by atoms with Crippen molar-refractivity contribution >= 4 is 21.8 Å². The maximum Gasteiger partial charge on any atom is 0.166 e. The average molecular weight is 955 g/mol. The number of nitrogens with zero attached hydrogens (tertiary/aromatic N) is 8. The summed E-state index contributed by atoms with van der Waals surface area (Å²) in [7, 11) is 0. The van der Waals surface area contributed by atoms with Gasteiger partial charge in [-0.2, -0.15) is 5.26 Å². The van der Waals surface area contributed by atoms with Crippen LogP contribution in [0.15, 0.2) is 158 Å². The van der Waals surface area contributed by atoms with E-state index >= 15 is 0 Å². The van der Waals surface area contributed by atoms with Crippen LogP contribution in [0.5, 0.6) is 0 Å².